The van der Waals surface area contributed by atoms with E-state index in [1.54, 1.807) is 60.7 Å². The number of carbonyl (C=O) groups excluding carboxylic acids is 9. The highest BCUT2D eigenvalue weighted by atomic mass is 32.2. The highest BCUT2D eigenvalue weighted by Gasteiger charge is 2.23. The molecule has 6 rings (SSSR count). The van der Waals surface area contributed by atoms with Crippen molar-refractivity contribution in [1.82, 2.24) is 5.32 Å². The second-order valence-corrected chi connectivity index (χ2v) is 16.0. The Kier molecular flexibility index (Phi) is 16.4. The molecule has 69 heavy (non-hydrogen) atoms. The molecule has 0 aliphatic carbocycles. The number of nitrogens with one attached hydrogen (secondary N) is 4. The lowest BCUT2D eigenvalue weighted by Gasteiger charge is -2.14. The van der Waals surface area contributed by atoms with Crippen molar-refractivity contribution in [2.45, 2.75) is 16.7 Å². The van der Waals surface area contributed by atoms with Gasteiger partial charge in [0, 0.05) is 56.2 Å². The Labute approximate surface area is 400 Å². The molecule has 0 bridgehead atoms. The summed E-state index contributed by atoms with van der Waals surface area (Å²) in [5.74, 6) is -5.69. The summed E-state index contributed by atoms with van der Waals surface area (Å²) in [5.41, 5.74) is 2.44. The van der Waals surface area contributed by atoms with Gasteiger partial charge in [0.25, 0.3) is 23.6 Å². The molecule has 6 aromatic carbocycles. The van der Waals surface area contributed by atoms with Crippen LogP contribution in [-0.2, 0) is 19.1 Å². The Balaban J connectivity index is 1.19. The van der Waals surface area contributed by atoms with Crippen LogP contribution in [0.15, 0.2) is 169 Å². The molecule has 0 saturated heterocycles. The summed E-state index contributed by atoms with van der Waals surface area (Å²) in [7, 11) is 1.37. The van der Waals surface area contributed by atoms with Gasteiger partial charge in [-0.1, -0.05) is 72.9 Å². The minimum absolute atomic E-state index is 0.0582. The molecular formula is C53H42N4O11S. The van der Waals surface area contributed by atoms with Gasteiger partial charge in [0.1, 0.15) is 0 Å². The summed E-state index contributed by atoms with van der Waals surface area (Å²) in [5, 5.41) is 10.7. The van der Waals surface area contributed by atoms with Crippen molar-refractivity contribution >= 4 is 81.7 Å². The van der Waals surface area contributed by atoms with Crippen molar-refractivity contribution < 1.29 is 52.6 Å². The van der Waals surface area contributed by atoms with Crippen molar-refractivity contribution in [2.24, 2.45) is 0 Å². The van der Waals surface area contributed by atoms with E-state index in [0.29, 0.717) is 32.3 Å². The van der Waals surface area contributed by atoms with E-state index in [2.05, 4.69) is 34.4 Å². The van der Waals surface area contributed by atoms with E-state index in [-0.39, 0.29) is 50.8 Å². The van der Waals surface area contributed by atoms with Crippen LogP contribution < -0.4 is 21.3 Å². The molecule has 0 aliphatic rings. The van der Waals surface area contributed by atoms with Gasteiger partial charge in [-0.05, 0) is 110 Å². The number of benzene rings is 6. The van der Waals surface area contributed by atoms with Crippen LogP contribution in [0.25, 0.3) is 0 Å². The molecule has 4 amide bonds. The van der Waals surface area contributed by atoms with Crippen molar-refractivity contribution in [2.75, 3.05) is 36.2 Å². The number of ketones is 3. The number of esters is 2. The maximum Gasteiger partial charge on any atom is 0.339 e. The van der Waals surface area contributed by atoms with Crippen molar-refractivity contribution in [3.8, 4) is 0 Å². The molecule has 6 aromatic rings. The number of ether oxygens (including phenoxy) is 2. The number of carbonyl (C=O) groups is 9. The van der Waals surface area contributed by atoms with Crippen molar-refractivity contribution in [1.29, 1.82) is 0 Å². The third kappa shape index (κ3) is 13.1. The zero-order valence-corrected chi connectivity index (χ0v) is 37.9. The summed E-state index contributed by atoms with van der Waals surface area (Å²) >= 11 is 1.07. The minimum atomic E-state index is -0.988. The van der Waals surface area contributed by atoms with Crippen LogP contribution in [0.1, 0.15) is 83.6 Å². The highest BCUT2D eigenvalue weighted by molar-refractivity contribution is 7.99. The predicted molar refractivity (Wildman–Crippen MR) is 259 cm³/mol. The van der Waals surface area contributed by atoms with Crippen LogP contribution in [-0.4, -0.2) is 73.2 Å². The minimum Gasteiger partial charge on any atom is -0.454 e. The lowest BCUT2D eigenvalue weighted by atomic mass is 10.0. The van der Waals surface area contributed by atoms with Crippen LogP contribution in [0.4, 0.5) is 17.1 Å². The number of anilines is 3. The first-order valence-electron chi connectivity index (χ1n) is 20.8. The molecule has 16 heteroatoms. The second-order valence-electron chi connectivity index (χ2n) is 14.9. The monoisotopic (exact) mass is 942 g/mol. The van der Waals surface area contributed by atoms with E-state index in [0.717, 1.165) is 29.5 Å². The smallest absolute Gasteiger partial charge is 0.339 e. The van der Waals surface area contributed by atoms with Gasteiger partial charge in [0.15, 0.2) is 30.6 Å². The quantitative estimate of drug-likeness (QED) is 0.0342. The summed E-state index contributed by atoms with van der Waals surface area (Å²) in [6.07, 6.45) is 1.98. The standard InChI is InChI=1S/C53H42N4O11S/c1-5-39(58)29-67-52(65)43-21-19-41(27-45(43)50(63)54-4)69-42-20-22-44(53(66)68-30-40(59)6-2)46(28-42)51(64)57-38-18-10-15-35(26-38)49(62)56-37-17-9-13-33(25-37)47(60)32-12-8-16-36(24-32)55-48(61)34-14-7-11-31(3)23-34/h5-28H,1-2,29-30H2,3-4H3,(H,54,63)(H,55,61)(H,56,62)(H,57,64). The molecule has 0 aliphatic heterocycles. The third-order valence-corrected chi connectivity index (χ3v) is 10.9. The number of amides is 4. The van der Waals surface area contributed by atoms with Gasteiger partial charge in [-0.2, -0.15) is 0 Å². The Hall–Kier alpha value is -9.02. The van der Waals surface area contributed by atoms with Gasteiger partial charge in [0.2, 0.25) is 0 Å². The van der Waals surface area contributed by atoms with Crippen LogP contribution in [0, 0.1) is 6.92 Å². The largest absolute Gasteiger partial charge is 0.454 e. The fourth-order valence-electron chi connectivity index (χ4n) is 6.50. The molecule has 0 aromatic heterocycles. The molecule has 346 valence electrons. The van der Waals surface area contributed by atoms with Crippen LogP contribution in [0.2, 0.25) is 0 Å². The molecule has 0 atom stereocenters. The van der Waals surface area contributed by atoms with E-state index >= 15 is 0 Å². The fraction of sp³-hybridized carbons (Fsp3) is 0.0755. The molecule has 0 saturated carbocycles. The van der Waals surface area contributed by atoms with Crippen LogP contribution in [0.3, 0.4) is 0 Å². The topological polar surface area (TPSA) is 220 Å². The Morgan fingerprint density at radius 2 is 0.884 bits per heavy atom. The van der Waals surface area contributed by atoms with E-state index in [1.165, 1.54) is 73.8 Å². The van der Waals surface area contributed by atoms with Crippen molar-refractivity contribution in [3.63, 3.8) is 0 Å². The van der Waals surface area contributed by atoms with Gasteiger partial charge >= 0.3 is 11.9 Å². The SMILES string of the molecule is C=CC(=O)COC(=O)c1ccc(Sc2ccc(C(=O)OCC(=O)C=C)c(C(=O)Nc3cccc(C(=O)Nc4cccc(C(=O)c5cccc(NC(=O)c6cccc(C)c6)c5)c4)c3)c2)cc1C(=O)NC. The molecule has 0 spiro atoms. The summed E-state index contributed by atoms with van der Waals surface area (Å²) in [6, 6.07) is 34.4. The van der Waals surface area contributed by atoms with E-state index < -0.39 is 54.4 Å². The molecule has 4 N–H and O–H groups in total. The maximum absolute atomic E-state index is 14.0. The molecular weight excluding hydrogens is 901 g/mol. The summed E-state index contributed by atoms with van der Waals surface area (Å²) in [4.78, 5) is 117. The third-order valence-electron chi connectivity index (χ3n) is 9.95. The zero-order valence-electron chi connectivity index (χ0n) is 37.1. The van der Waals surface area contributed by atoms with Gasteiger partial charge in [-0.25, -0.2) is 9.59 Å². The van der Waals surface area contributed by atoms with E-state index in [1.807, 2.05) is 13.0 Å². The average Bonchev–Trinajstić information content (AvgIpc) is 3.36. The van der Waals surface area contributed by atoms with Gasteiger partial charge in [0.05, 0.1) is 22.3 Å². The Morgan fingerprint density at radius 3 is 1.33 bits per heavy atom. The zero-order chi connectivity index (χ0) is 49.6. The Morgan fingerprint density at radius 1 is 0.478 bits per heavy atom. The Bertz CT molecular complexity index is 3090. The summed E-state index contributed by atoms with van der Waals surface area (Å²) < 4.78 is 10.2. The number of hydrogen-bond acceptors (Lipinski definition) is 12. The molecule has 0 fully saturated rings. The molecule has 0 unspecified atom stereocenters. The maximum atomic E-state index is 14.0. The summed E-state index contributed by atoms with van der Waals surface area (Å²) in [6.45, 7) is 7.39. The predicted octanol–water partition coefficient (Wildman–Crippen LogP) is 8.32. The van der Waals surface area contributed by atoms with Crippen molar-refractivity contribution in [3.05, 3.63) is 209 Å². The van der Waals surface area contributed by atoms with Crippen LogP contribution >= 0.6 is 11.8 Å². The average molecular weight is 943 g/mol. The fourth-order valence-corrected chi connectivity index (χ4v) is 7.39. The lowest BCUT2D eigenvalue weighted by molar-refractivity contribution is -0.118. The molecule has 0 heterocycles. The van der Waals surface area contributed by atoms with Crippen LogP contribution in [0.5, 0.6) is 0 Å². The normalized spacial score (nSPS) is 10.4. The first-order valence-corrected chi connectivity index (χ1v) is 21.7. The van der Waals surface area contributed by atoms with Gasteiger partial charge < -0.3 is 30.7 Å². The first kappa shape index (κ1) is 49.4. The molecule has 15 nitrogen and oxygen atoms in total. The highest BCUT2D eigenvalue weighted by Crippen LogP contribution is 2.32. The van der Waals surface area contributed by atoms with Gasteiger partial charge in [-0.3, -0.25) is 33.6 Å². The first-order chi connectivity index (χ1) is 33.1. The van der Waals surface area contributed by atoms with Gasteiger partial charge in [-0.15, -0.1) is 0 Å². The number of hydrogen-bond donors (Lipinski definition) is 4. The van der Waals surface area contributed by atoms with E-state index in [9.17, 15) is 43.2 Å². The number of rotatable bonds is 19. The molecule has 0 radical (unpaired) electrons. The number of aryl methyl sites for hydroxylation is 1. The lowest BCUT2D eigenvalue weighted by Crippen LogP contribution is -2.22. The second kappa shape index (κ2) is 22.9. The van der Waals surface area contributed by atoms with E-state index in [4.69, 9.17) is 9.47 Å².